The molecule has 0 aliphatic heterocycles. The Morgan fingerprint density at radius 1 is 0.298 bits per heavy atom. The second-order valence-corrected chi connectivity index (χ2v) is 24.6. The van der Waals surface area contributed by atoms with E-state index in [0.29, 0.717) is 16.6 Å². The first-order valence-electron chi connectivity index (χ1n) is 30.2. The number of rotatable bonds is 4. The molecule has 0 radical (unpaired) electrons. The fourth-order valence-corrected chi connectivity index (χ4v) is 14.1. The highest BCUT2D eigenvalue weighted by molar-refractivity contribution is 7.88. The summed E-state index contributed by atoms with van der Waals surface area (Å²) in [5.74, 6) is 1.36. The van der Waals surface area contributed by atoms with Gasteiger partial charge in [0.1, 0.15) is 45.6 Å². The maximum Gasteiger partial charge on any atom is 0.534 e. The number of imidazole rings is 4. The van der Waals surface area contributed by atoms with Crippen LogP contribution >= 0.6 is 0 Å². The Morgan fingerprint density at radius 2 is 0.564 bits per heavy atom. The lowest BCUT2D eigenvalue weighted by atomic mass is 10.0. The van der Waals surface area contributed by atoms with Crippen LogP contribution in [0.15, 0.2) is 267 Å². The Labute approximate surface area is 529 Å². The van der Waals surface area contributed by atoms with Crippen molar-refractivity contribution < 1.29 is 35.6 Å². The zero-order valence-electron chi connectivity index (χ0n) is 49.1. The number of phenols is 1. The van der Waals surface area contributed by atoms with Gasteiger partial charge in [0.15, 0.2) is 0 Å². The van der Waals surface area contributed by atoms with Crippen molar-refractivity contribution >= 4 is 164 Å². The molecule has 0 saturated carbocycles. The van der Waals surface area contributed by atoms with E-state index in [9.17, 15) is 26.7 Å². The molecular weight excluding hydrogens is 1210 g/mol. The van der Waals surface area contributed by atoms with E-state index in [0.717, 1.165) is 138 Å². The summed E-state index contributed by atoms with van der Waals surface area (Å²) in [6.07, 6.45) is 0. The van der Waals surface area contributed by atoms with E-state index in [-0.39, 0.29) is 5.75 Å². The van der Waals surface area contributed by atoms with Crippen LogP contribution in [0.3, 0.4) is 0 Å². The maximum absolute atomic E-state index is 12.7. The van der Waals surface area contributed by atoms with Gasteiger partial charge < -0.3 is 14.0 Å². The Morgan fingerprint density at radius 3 is 0.894 bits per heavy atom. The largest absolute Gasteiger partial charge is 0.534 e. The zero-order valence-corrected chi connectivity index (χ0v) is 49.9. The summed E-state index contributed by atoms with van der Waals surface area (Å²) in [7, 11) is -5.77. The smallest absolute Gasteiger partial charge is 0.508 e. The average Bonchev–Trinajstić information content (AvgIpc) is 1.54. The van der Waals surface area contributed by atoms with Crippen LogP contribution in [0.25, 0.3) is 153 Å². The predicted molar refractivity (Wildman–Crippen MR) is 368 cm³/mol. The number of fused-ring (bicyclic) bond motifs is 32. The second-order valence-electron chi connectivity index (χ2n) is 23.0. The van der Waals surface area contributed by atoms with Crippen LogP contribution < -0.4 is 8.92 Å². The molecule has 8 heterocycles. The lowest BCUT2D eigenvalue weighted by Crippen LogP contribution is -2.28. The van der Waals surface area contributed by atoms with Crippen molar-refractivity contribution in [3.8, 4) is 23.0 Å². The lowest BCUT2D eigenvalue weighted by Gasteiger charge is -2.13. The van der Waals surface area contributed by atoms with E-state index in [2.05, 4.69) is 162 Å². The minimum atomic E-state index is -5.77. The van der Waals surface area contributed by atoms with Crippen LogP contribution in [-0.4, -0.2) is 56.6 Å². The van der Waals surface area contributed by atoms with Crippen LogP contribution in [0.2, 0.25) is 0 Å². The Hall–Kier alpha value is -12.3. The Balaban J connectivity index is 0.000000110. The summed E-state index contributed by atoms with van der Waals surface area (Å²) < 4.78 is 80.4. The van der Waals surface area contributed by atoms with Gasteiger partial charge in [-0.15, -0.1) is 0 Å². The van der Waals surface area contributed by atoms with Crippen LogP contribution in [-0.2, 0) is 10.1 Å². The molecule has 1 N–H and O–H groups in total. The molecule has 0 saturated heterocycles. The van der Waals surface area contributed by atoms with Gasteiger partial charge in [-0.3, -0.25) is 17.6 Å². The zero-order chi connectivity index (χ0) is 63.1. The number of hydrogen-bond donors (Lipinski definition) is 1. The number of benzene rings is 12. The van der Waals surface area contributed by atoms with Crippen molar-refractivity contribution in [3.05, 3.63) is 267 Å². The topological polar surface area (TPSA) is 142 Å². The standard InChI is InChI=1S/C38H22N4O.C20H11F3N2O3S.C19H12N2O/c1-5-13-33-27(9-1)25-19-17-23(21-29(25)37-39-31-11-3-7-15-35(31)41(33)37)43-24-18-20-26-28-10-2-6-14-34(28)42-36-16-8-4-12-32(36)40-38(42)30(26)22-24;21-20(22,23)29(26,27)28-12-9-10-13-14-5-1-3-7-17(14)25-18-8-4-2-6-16(18)24-19(25)15(13)11-12;22-12-9-10-13-14-5-1-3-7-17(14)21-18-8-4-2-6-16(18)20-19(21)15(13)11-12/h1-22H;1-11H;1-11,22H. The monoisotopic (exact) mass is 1250 g/mol. The first kappa shape index (κ1) is 54.6. The van der Waals surface area contributed by atoms with Gasteiger partial charge in [-0.2, -0.15) is 21.6 Å². The number of halogens is 3. The van der Waals surface area contributed by atoms with Crippen LogP contribution in [0, 0.1) is 0 Å². The summed E-state index contributed by atoms with van der Waals surface area (Å²) >= 11 is 0. The van der Waals surface area contributed by atoms with Gasteiger partial charge in [-0.25, -0.2) is 19.9 Å². The molecule has 0 spiro atoms. The molecule has 12 aromatic carbocycles. The highest BCUT2D eigenvalue weighted by atomic mass is 32.2. The minimum Gasteiger partial charge on any atom is -0.508 e. The van der Waals surface area contributed by atoms with Crippen LogP contribution in [0.5, 0.6) is 23.0 Å². The highest BCUT2D eigenvalue weighted by Crippen LogP contribution is 2.41. The molecule has 0 fully saturated rings. The summed E-state index contributed by atoms with van der Waals surface area (Å²) in [6, 6.07) is 87.2. The summed E-state index contributed by atoms with van der Waals surface area (Å²) in [5, 5.41) is 22.0. The molecule has 20 aromatic rings. The SMILES string of the molecule is O=S(=O)(Oc1ccc2c3ccccc3n3c4ccccc4nc3c2c1)C(F)(F)F.Oc1ccc2c3ccccc3n3c4ccccc4nc3c2c1.c1ccc2c(c1)nc1c3cc(Oc4ccc5c6ccccc6n6c7ccccc7nc6c5c4)ccc3c3ccccc3n21. The molecule has 94 heavy (non-hydrogen) atoms. The predicted octanol–water partition coefficient (Wildman–Crippen LogP) is 19.2. The molecule has 0 bridgehead atoms. The normalized spacial score (nSPS) is 12.3. The molecule has 0 atom stereocenters. The molecule has 0 aliphatic carbocycles. The van der Waals surface area contributed by atoms with Gasteiger partial charge in [0, 0.05) is 43.1 Å². The number of nitrogens with zero attached hydrogens (tertiary/aromatic N) is 8. The second kappa shape index (κ2) is 20.6. The number of pyridine rings is 4. The molecule has 0 amide bonds. The van der Waals surface area contributed by atoms with Crippen molar-refractivity contribution in [1.29, 1.82) is 0 Å². The third-order valence-electron chi connectivity index (χ3n) is 17.6. The Kier molecular flexibility index (Phi) is 12.0. The third-order valence-corrected chi connectivity index (χ3v) is 18.6. The minimum absolute atomic E-state index is 0.261. The first-order chi connectivity index (χ1) is 45.9. The quantitative estimate of drug-likeness (QED) is 0.104. The molecule has 20 rings (SSSR count). The van der Waals surface area contributed by atoms with Gasteiger partial charge in [-0.05, 0) is 167 Å². The number of para-hydroxylation sites is 12. The van der Waals surface area contributed by atoms with E-state index in [4.69, 9.17) is 19.7 Å². The van der Waals surface area contributed by atoms with Crippen LogP contribution in [0.1, 0.15) is 0 Å². The molecule has 450 valence electrons. The number of aromatic hydroxyl groups is 1. The number of phenolic OH excluding ortho intramolecular Hbond substituents is 1. The molecule has 13 nitrogen and oxygen atoms in total. The summed E-state index contributed by atoms with van der Waals surface area (Å²) in [6.45, 7) is 0. The van der Waals surface area contributed by atoms with Gasteiger partial charge >= 0.3 is 15.6 Å². The number of hydrogen-bond acceptors (Lipinski definition) is 9. The van der Waals surface area contributed by atoms with Gasteiger partial charge in [-0.1, -0.05) is 121 Å². The molecule has 0 unspecified atom stereocenters. The average molecular weight is 1250 g/mol. The van der Waals surface area contributed by atoms with Crippen molar-refractivity contribution in [3.63, 3.8) is 0 Å². The molecule has 0 aliphatic rings. The van der Waals surface area contributed by atoms with Gasteiger partial charge in [0.25, 0.3) is 0 Å². The number of ether oxygens (including phenoxy) is 1. The fourth-order valence-electron chi connectivity index (χ4n) is 13.7. The summed E-state index contributed by atoms with van der Waals surface area (Å²) in [5.41, 5.74) is 9.74. The van der Waals surface area contributed by atoms with Crippen LogP contribution in [0.4, 0.5) is 13.2 Å². The van der Waals surface area contributed by atoms with Crippen molar-refractivity contribution in [2.24, 2.45) is 0 Å². The van der Waals surface area contributed by atoms with Crippen molar-refractivity contribution in [1.82, 2.24) is 37.5 Å². The fraction of sp³-hybridized carbons (Fsp3) is 0.0130. The van der Waals surface area contributed by atoms with Crippen molar-refractivity contribution in [2.45, 2.75) is 5.51 Å². The van der Waals surface area contributed by atoms with Gasteiger partial charge in [0.2, 0.25) is 0 Å². The third kappa shape index (κ3) is 8.44. The maximum atomic E-state index is 12.7. The van der Waals surface area contributed by atoms with E-state index in [1.165, 1.54) is 29.0 Å². The van der Waals surface area contributed by atoms with E-state index in [1.807, 2.05) is 101 Å². The number of alkyl halides is 3. The van der Waals surface area contributed by atoms with Gasteiger partial charge in [0.05, 0.1) is 66.2 Å². The molecule has 17 heteroatoms. The van der Waals surface area contributed by atoms with E-state index >= 15 is 0 Å². The Bertz CT molecular complexity index is 6550. The van der Waals surface area contributed by atoms with E-state index < -0.39 is 21.4 Å². The first-order valence-corrected chi connectivity index (χ1v) is 31.6. The number of aromatic nitrogens is 8. The van der Waals surface area contributed by atoms with E-state index in [1.54, 1.807) is 12.1 Å². The highest BCUT2D eigenvalue weighted by Gasteiger charge is 2.48. The lowest BCUT2D eigenvalue weighted by molar-refractivity contribution is -0.0500. The van der Waals surface area contributed by atoms with Crippen molar-refractivity contribution in [2.75, 3.05) is 0 Å². The summed E-state index contributed by atoms with van der Waals surface area (Å²) in [4.78, 5) is 19.5. The molecule has 8 aromatic heterocycles. The molecular formula is C77H45F3N8O5S.